The molecule has 3 amide bonds. The Hall–Kier alpha value is -3.69. The molecule has 0 bridgehead atoms. The van der Waals surface area contributed by atoms with Crippen LogP contribution < -0.4 is 38.9 Å². The van der Waals surface area contributed by atoms with Crippen molar-refractivity contribution in [3.8, 4) is 0 Å². The second kappa shape index (κ2) is 22.8. The van der Waals surface area contributed by atoms with Crippen LogP contribution in [-0.4, -0.2) is 90.7 Å². The number of Topliss-reactive ketones (excluding diaryl/α,β-unsaturated/α-hetero) is 3. The van der Waals surface area contributed by atoms with E-state index in [2.05, 4.69) is 25.9 Å². The van der Waals surface area contributed by atoms with Gasteiger partial charge in [-0.25, -0.2) is 0 Å². The molecule has 0 unspecified atom stereocenters. The molecule has 0 spiro atoms. The molecule has 0 saturated heterocycles. The van der Waals surface area contributed by atoms with Crippen molar-refractivity contribution in [3.05, 3.63) is 0 Å². The minimum atomic E-state index is -0.799. The number of nitrogens with one attached hydrogen (secondary N) is 3. The van der Waals surface area contributed by atoms with Gasteiger partial charge in [0, 0.05) is 56.4 Å². The van der Waals surface area contributed by atoms with Gasteiger partial charge in [-0.2, -0.15) is 11.8 Å². The van der Waals surface area contributed by atoms with Gasteiger partial charge in [-0.05, 0) is 31.9 Å². The summed E-state index contributed by atoms with van der Waals surface area (Å²) in [7, 11) is 0. The van der Waals surface area contributed by atoms with Crippen LogP contribution in [0.2, 0.25) is 0 Å². The number of hydrogen-bond acceptors (Lipinski definition) is 9. The van der Waals surface area contributed by atoms with E-state index >= 15 is 0 Å². The normalized spacial score (nSPS) is 13.4. The Morgan fingerprint density at radius 2 is 1.34 bits per heavy atom. The second-order valence-corrected chi connectivity index (χ2v) is 11.3. The second-order valence-electron chi connectivity index (χ2n) is 10.4. The molecule has 11 N–H and O–H groups in total. The first-order valence-electron chi connectivity index (χ1n) is 14.8. The summed E-state index contributed by atoms with van der Waals surface area (Å²) in [6.45, 7) is 5.13. The van der Waals surface area contributed by atoms with Crippen molar-refractivity contribution in [2.75, 3.05) is 31.6 Å². The van der Waals surface area contributed by atoms with Gasteiger partial charge in [0.15, 0.2) is 29.3 Å². The van der Waals surface area contributed by atoms with Crippen molar-refractivity contribution in [2.24, 2.45) is 44.8 Å². The zero-order valence-electron chi connectivity index (χ0n) is 26.4. The largest absolute Gasteiger partial charge is 0.370 e. The first-order chi connectivity index (χ1) is 20.7. The third kappa shape index (κ3) is 18.1. The van der Waals surface area contributed by atoms with E-state index in [0.29, 0.717) is 31.6 Å². The lowest BCUT2D eigenvalue weighted by atomic mass is 9.94. The highest BCUT2D eigenvalue weighted by atomic mass is 32.2. The minimum absolute atomic E-state index is 0.0694. The molecule has 4 atom stereocenters. The van der Waals surface area contributed by atoms with E-state index in [0.717, 1.165) is 0 Å². The van der Waals surface area contributed by atoms with E-state index in [-0.39, 0.29) is 74.6 Å². The molecule has 0 radical (unpaired) electrons. The average molecular weight is 642 g/mol. The maximum Gasteiger partial charge on any atom is 0.224 e. The highest BCUT2D eigenvalue weighted by Crippen LogP contribution is 2.15. The van der Waals surface area contributed by atoms with E-state index in [9.17, 15) is 28.8 Å². The van der Waals surface area contributed by atoms with Gasteiger partial charge in [0.2, 0.25) is 17.7 Å². The third-order valence-electron chi connectivity index (χ3n) is 6.64. The van der Waals surface area contributed by atoms with Crippen LogP contribution in [0.5, 0.6) is 0 Å². The number of guanidine groups is 2. The number of nitrogens with two attached hydrogens (primary N) is 4. The van der Waals surface area contributed by atoms with E-state index in [1.807, 2.05) is 6.26 Å². The Morgan fingerprint density at radius 1 is 0.750 bits per heavy atom. The number of nitrogens with zero attached hydrogens (tertiary/aromatic N) is 2. The monoisotopic (exact) mass is 641 g/mol. The van der Waals surface area contributed by atoms with Crippen LogP contribution in [0.25, 0.3) is 0 Å². The molecule has 250 valence electrons. The van der Waals surface area contributed by atoms with Gasteiger partial charge >= 0.3 is 0 Å². The smallest absolute Gasteiger partial charge is 0.224 e. The lowest BCUT2D eigenvalue weighted by molar-refractivity contribution is -0.133. The molecular weight excluding hydrogens is 590 g/mol. The predicted molar refractivity (Wildman–Crippen MR) is 173 cm³/mol. The summed E-state index contributed by atoms with van der Waals surface area (Å²) >= 11 is 1.40. The molecule has 0 aromatic rings. The highest BCUT2D eigenvalue weighted by Gasteiger charge is 2.28. The lowest BCUT2D eigenvalue weighted by Crippen LogP contribution is -2.45. The number of hydrogen-bond donors (Lipinski definition) is 7. The first kappa shape index (κ1) is 40.3. The molecule has 0 aliphatic heterocycles. The zero-order chi connectivity index (χ0) is 33.7. The van der Waals surface area contributed by atoms with Crippen LogP contribution in [0.15, 0.2) is 9.98 Å². The van der Waals surface area contributed by atoms with Gasteiger partial charge < -0.3 is 38.9 Å². The molecule has 0 rings (SSSR count). The van der Waals surface area contributed by atoms with Crippen LogP contribution in [0.1, 0.15) is 72.1 Å². The molecule has 0 aromatic carbocycles. The third-order valence-corrected chi connectivity index (χ3v) is 7.31. The Bertz CT molecular complexity index is 1030. The molecule has 0 saturated carbocycles. The van der Waals surface area contributed by atoms with Crippen LogP contribution in [-0.2, 0) is 28.8 Å². The molecular formula is C28H51N9O6S. The minimum Gasteiger partial charge on any atom is -0.370 e. The summed E-state index contributed by atoms with van der Waals surface area (Å²) in [5.41, 5.74) is 21.4. The van der Waals surface area contributed by atoms with Crippen LogP contribution >= 0.6 is 11.8 Å². The van der Waals surface area contributed by atoms with Gasteiger partial charge in [0.1, 0.15) is 0 Å². The molecule has 0 aliphatic rings. The number of carbonyl (C=O) groups excluding carboxylic acids is 6. The fourth-order valence-electron chi connectivity index (χ4n) is 4.15. The quantitative estimate of drug-likeness (QED) is 0.0385. The number of thioether (sulfide) groups is 1. The fraction of sp³-hybridized carbons (Fsp3) is 0.714. The average Bonchev–Trinajstić information content (AvgIpc) is 2.97. The van der Waals surface area contributed by atoms with Gasteiger partial charge in [-0.1, -0.05) is 20.8 Å². The summed E-state index contributed by atoms with van der Waals surface area (Å²) < 4.78 is 0. The van der Waals surface area contributed by atoms with Gasteiger partial charge in [-0.15, -0.1) is 0 Å². The first-order valence-corrected chi connectivity index (χ1v) is 16.2. The SMILES string of the molecule is CCC(=O)N[C@@H](CSC)C(=O)C[C@@H](C)C(=O)NCC(=O)C[C@H](CCCN=C(N)N)C(=O)N[C@H](CCCN=C(N)N)C(=O)CC. The van der Waals surface area contributed by atoms with Crippen molar-refractivity contribution in [3.63, 3.8) is 0 Å². The number of amides is 3. The summed E-state index contributed by atoms with van der Waals surface area (Å²) in [6.07, 6.45) is 3.38. The maximum absolute atomic E-state index is 13.2. The van der Waals surface area contributed by atoms with E-state index in [1.54, 1.807) is 20.8 Å². The Balaban J connectivity index is 5.32. The van der Waals surface area contributed by atoms with Crippen molar-refractivity contribution >= 4 is 58.8 Å². The molecule has 0 aromatic heterocycles. The molecule has 16 heteroatoms. The Labute approximate surface area is 263 Å². The fourth-order valence-corrected chi connectivity index (χ4v) is 4.75. The molecule has 0 fully saturated rings. The van der Waals surface area contributed by atoms with E-state index in [1.165, 1.54) is 11.8 Å². The zero-order valence-corrected chi connectivity index (χ0v) is 27.2. The van der Waals surface area contributed by atoms with E-state index in [4.69, 9.17) is 22.9 Å². The Morgan fingerprint density at radius 3 is 1.86 bits per heavy atom. The van der Waals surface area contributed by atoms with Gasteiger partial charge in [0.05, 0.1) is 18.6 Å². The number of carbonyl (C=O) groups is 6. The summed E-state index contributed by atoms with van der Waals surface area (Å²) in [6, 6.07) is -1.48. The molecule has 44 heavy (non-hydrogen) atoms. The van der Waals surface area contributed by atoms with E-state index < -0.39 is 41.5 Å². The van der Waals surface area contributed by atoms with Crippen molar-refractivity contribution in [2.45, 2.75) is 84.2 Å². The van der Waals surface area contributed by atoms with Gasteiger partial charge in [-0.3, -0.25) is 38.8 Å². The van der Waals surface area contributed by atoms with Crippen molar-refractivity contribution in [1.82, 2.24) is 16.0 Å². The maximum atomic E-state index is 13.2. The molecule has 0 heterocycles. The summed E-state index contributed by atoms with van der Waals surface area (Å²) in [5.74, 6) is -3.40. The number of rotatable bonds is 24. The van der Waals surface area contributed by atoms with Crippen LogP contribution in [0.4, 0.5) is 0 Å². The lowest BCUT2D eigenvalue weighted by Gasteiger charge is -2.22. The topological polar surface area (TPSA) is 267 Å². The predicted octanol–water partition coefficient (Wildman–Crippen LogP) is -0.898. The standard InChI is InChI=1S/C28H51N9O6S/c1-5-22(39)20(10-8-12-34-28(31)32)37-26(43)18(9-7-11-33-27(29)30)14-19(38)15-35-25(42)17(3)13-23(40)21(16-44-4)36-24(41)6-2/h17-18,20-21H,5-16H2,1-4H3,(H,35,42)(H,36,41)(H,37,43)(H4,29,30,33)(H4,31,32,34)/t17-,18+,20-,21+/m1/s1. The molecule has 0 aliphatic carbocycles. The summed E-state index contributed by atoms with van der Waals surface area (Å²) in [4.78, 5) is 83.6. The summed E-state index contributed by atoms with van der Waals surface area (Å²) in [5, 5.41) is 7.97. The highest BCUT2D eigenvalue weighted by molar-refractivity contribution is 7.98. The van der Waals surface area contributed by atoms with Crippen LogP contribution in [0, 0.1) is 11.8 Å². The van der Waals surface area contributed by atoms with Crippen LogP contribution in [0.3, 0.4) is 0 Å². The van der Waals surface area contributed by atoms with Gasteiger partial charge in [0.25, 0.3) is 0 Å². The number of aliphatic imine (C=N–C) groups is 2. The van der Waals surface area contributed by atoms with Crippen molar-refractivity contribution in [1.29, 1.82) is 0 Å². The Kier molecular flexibility index (Phi) is 20.9. The molecule has 15 nitrogen and oxygen atoms in total. The number of ketones is 3. The van der Waals surface area contributed by atoms with Crippen molar-refractivity contribution < 1.29 is 28.8 Å².